The van der Waals surface area contributed by atoms with Crippen LogP contribution in [-0.2, 0) is 17.1 Å². The molecule has 180 valence electrons. The van der Waals surface area contributed by atoms with Gasteiger partial charge in [0, 0.05) is 20.1 Å². The number of nitrogens with one attached hydrogen (secondary N) is 2. The number of aromatic nitrogens is 2. The molecule has 0 atom stereocenters. The van der Waals surface area contributed by atoms with Crippen molar-refractivity contribution in [2.45, 2.75) is 38.0 Å². The lowest BCUT2D eigenvalue weighted by atomic mass is 10.2. The summed E-state index contributed by atoms with van der Waals surface area (Å²) < 4.78 is 31.6. The highest BCUT2D eigenvalue weighted by Gasteiger charge is 2.29. The minimum Gasteiger partial charge on any atom is -0.331 e. The molecule has 1 fully saturated rings. The normalized spacial score (nSPS) is 14.7. The number of anilines is 2. The van der Waals surface area contributed by atoms with Crippen molar-refractivity contribution >= 4 is 38.7 Å². The second-order valence-electron chi connectivity index (χ2n) is 8.48. The first kappa shape index (κ1) is 24.2. The lowest BCUT2D eigenvalue weighted by molar-refractivity contribution is 0.347. The van der Waals surface area contributed by atoms with Gasteiger partial charge in [0.25, 0.3) is 5.56 Å². The van der Waals surface area contributed by atoms with E-state index in [9.17, 15) is 13.2 Å². The molecule has 10 heteroatoms. The Labute approximate surface area is 205 Å². The molecule has 2 aromatic carbocycles. The van der Waals surface area contributed by atoms with E-state index in [1.165, 1.54) is 4.31 Å². The zero-order chi connectivity index (χ0) is 24.5. The largest absolute Gasteiger partial charge is 0.331 e. The van der Waals surface area contributed by atoms with Crippen LogP contribution in [0.4, 0.5) is 11.4 Å². The maximum atomic E-state index is 13.4. The smallest absolute Gasteiger partial charge is 0.295 e. The van der Waals surface area contributed by atoms with Gasteiger partial charge in [0.2, 0.25) is 10.0 Å². The molecule has 34 heavy (non-hydrogen) atoms. The average molecular weight is 500 g/mol. The lowest BCUT2D eigenvalue weighted by Crippen LogP contribution is -2.36. The van der Waals surface area contributed by atoms with E-state index in [2.05, 4.69) is 10.6 Å². The summed E-state index contributed by atoms with van der Waals surface area (Å²) in [7, 11) is -1.87. The summed E-state index contributed by atoms with van der Waals surface area (Å²) in [5.74, 6) is 0. The molecule has 0 aliphatic carbocycles. The molecule has 3 aromatic rings. The van der Waals surface area contributed by atoms with Crippen LogP contribution in [0.3, 0.4) is 0 Å². The van der Waals surface area contributed by atoms with Crippen LogP contribution >= 0.6 is 12.2 Å². The average Bonchev–Trinajstić information content (AvgIpc) is 3.04. The van der Waals surface area contributed by atoms with Crippen molar-refractivity contribution in [1.29, 1.82) is 0 Å². The molecule has 1 aliphatic heterocycles. The number of sulfonamides is 1. The summed E-state index contributed by atoms with van der Waals surface area (Å²) in [6.07, 6.45) is 2.75. The fourth-order valence-electron chi connectivity index (χ4n) is 4.17. The number of nitrogens with zero attached hydrogens (tertiary/aromatic N) is 3. The predicted molar refractivity (Wildman–Crippen MR) is 139 cm³/mol. The molecule has 0 radical (unpaired) electrons. The van der Waals surface area contributed by atoms with E-state index in [4.69, 9.17) is 12.2 Å². The first-order chi connectivity index (χ1) is 16.2. The summed E-state index contributed by atoms with van der Waals surface area (Å²) in [4.78, 5) is 13.4. The van der Waals surface area contributed by atoms with Gasteiger partial charge in [0.1, 0.15) is 10.6 Å². The second-order valence-corrected chi connectivity index (χ2v) is 10.8. The molecule has 0 bridgehead atoms. The SMILES string of the molecule is Cc1ccc(NC(=S)Nc2c(C)n(C)n(-c3ccccc3)c2=O)c(S(=O)(=O)N2CCCCC2)c1. The highest BCUT2D eigenvalue weighted by Crippen LogP contribution is 2.28. The van der Waals surface area contributed by atoms with Gasteiger partial charge in [0.15, 0.2) is 5.11 Å². The molecular formula is C24H29N5O3S2. The van der Waals surface area contributed by atoms with Crippen molar-refractivity contribution in [2.75, 3.05) is 23.7 Å². The molecule has 1 saturated heterocycles. The third kappa shape index (κ3) is 4.66. The van der Waals surface area contributed by atoms with Crippen molar-refractivity contribution in [3.05, 3.63) is 70.1 Å². The van der Waals surface area contributed by atoms with Crippen LogP contribution in [0.1, 0.15) is 30.5 Å². The summed E-state index contributed by atoms with van der Waals surface area (Å²) in [5.41, 5.74) is 2.73. The first-order valence-electron chi connectivity index (χ1n) is 11.2. The lowest BCUT2D eigenvalue weighted by Gasteiger charge is -2.27. The number of aryl methyl sites for hydroxylation is 1. The van der Waals surface area contributed by atoms with Gasteiger partial charge in [-0.2, -0.15) is 4.31 Å². The Morgan fingerprint density at radius 3 is 2.32 bits per heavy atom. The van der Waals surface area contributed by atoms with Crippen molar-refractivity contribution in [3.63, 3.8) is 0 Å². The minimum absolute atomic E-state index is 0.143. The van der Waals surface area contributed by atoms with Gasteiger partial charge in [-0.05, 0) is 68.7 Å². The minimum atomic E-state index is -3.68. The Kier molecular flexibility index (Phi) is 6.92. The van der Waals surface area contributed by atoms with E-state index in [0.717, 1.165) is 30.5 Å². The van der Waals surface area contributed by atoms with Gasteiger partial charge in [0.05, 0.1) is 17.1 Å². The van der Waals surface area contributed by atoms with Crippen LogP contribution < -0.4 is 16.2 Å². The molecule has 0 saturated carbocycles. The number of benzene rings is 2. The van der Waals surface area contributed by atoms with Crippen molar-refractivity contribution < 1.29 is 8.42 Å². The fraction of sp³-hybridized carbons (Fsp3) is 0.333. The summed E-state index contributed by atoms with van der Waals surface area (Å²) >= 11 is 5.49. The molecule has 0 amide bonds. The second kappa shape index (κ2) is 9.73. The molecule has 4 rings (SSSR count). The van der Waals surface area contributed by atoms with Crippen LogP contribution in [0.15, 0.2) is 58.2 Å². The number of hydrogen-bond donors (Lipinski definition) is 2. The topological polar surface area (TPSA) is 88.4 Å². The van der Waals surface area contributed by atoms with Crippen molar-refractivity contribution in [3.8, 4) is 5.69 Å². The Hall–Kier alpha value is -2.95. The molecule has 8 nitrogen and oxygen atoms in total. The fourth-order valence-corrected chi connectivity index (χ4v) is 6.13. The summed E-state index contributed by atoms with van der Waals surface area (Å²) in [5, 5.41) is 6.14. The number of piperidine rings is 1. The maximum Gasteiger partial charge on any atom is 0.295 e. The number of para-hydroxylation sites is 1. The van der Waals surface area contributed by atoms with Crippen LogP contribution in [0.2, 0.25) is 0 Å². The van der Waals surface area contributed by atoms with Gasteiger partial charge in [-0.25, -0.2) is 13.1 Å². The third-order valence-electron chi connectivity index (χ3n) is 6.11. The Balaban J connectivity index is 1.62. The van der Waals surface area contributed by atoms with Gasteiger partial charge in [-0.1, -0.05) is 30.7 Å². The zero-order valence-electron chi connectivity index (χ0n) is 19.5. The number of rotatable bonds is 5. The first-order valence-corrected chi connectivity index (χ1v) is 13.1. The van der Waals surface area contributed by atoms with Crippen LogP contribution in [0, 0.1) is 13.8 Å². The Morgan fingerprint density at radius 1 is 0.971 bits per heavy atom. The van der Waals surface area contributed by atoms with E-state index in [1.54, 1.807) is 28.5 Å². The van der Waals surface area contributed by atoms with Gasteiger partial charge >= 0.3 is 0 Å². The van der Waals surface area contributed by atoms with E-state index in [1.807, 2.05) is 50.2 Å². The summed E-state index contributed by atoms with van der Waals surface area (Å²) in [6, 6.07) is 14.5. The number of hydrogen-bond acceptors (Lipinski definition) is 4. The quantitative estimate of drug-likeness (QED) is 0.520. The van der Waals surface area contributed by atoms with Gasteiger partial charge < -0.3 is 10.6 Å². The van der Waals surface area contributed by atoms with Crippen molar-refractivity contribution in [2.24, 2.45) is 7.05 Å². The highest BCUT2D eigenvalue weighted by atomic mass is 32.2. The maximum absolute atomic E-state index is 13.4. The molecule has 0 unspecified atom stereocenters. The van der Waals surface area contributed by atoms with Crippen LogP contribution in [-0.4, -0.2) is 40.3 Å². The Morgan fingerprint density at radius 2 is 1.65 bits per heavy atom. The molecule has 0 spiro atoms. The van der Waals surface area contributed by atoms with E-state index < -0.39 is 10.0 Å². The standard InChI is InChI=1S/C24H29N5O3S2/c1-17-12-13-20(21(16-17)34(31,32)28-14-8-5-9-15-28)25-24(33)26-22-18(2)27(3)29(23(22)30)19-10-6-4-7-11-19/h4,6-7,10-13,16H,5,8-9,14-15H2,1-3H3,(H2,25,26,33). The third-order valence-corrected chi connectivity index (χ3v) is 8.25. The van der Waals surface area contributed by atoms with Crippen LogP contribution in [0.5, 0.6) is 0 Å². The van der Waals surface area contributed by atoms with Crippen molar-refractivity contribution in [1.82, 2.24) is 13.7 Å². The van der Waals surface area contributed by atoms with Crippen LogP contribution in [0.25, 0.3) is 5.69 Å². The molecule has 2 heterocycles. The molecular weight excluding hydrogens is 470 g/mol. The van der Waals surface area contributed by atoms with E-state index >= 15 is 0 Å². The molecule has 1 aliphatic rings. The van der Waals surface area contributed by atoms with E-state index in [0.29, 0.717) is 30.2 Å². The zero-order valence-corrected chi connectivity index (χ0v) is 21.2. The van der Waals surface area contributed by atoms with E-state index in [-0.39, 0.29) is 15.6 Å². The molecule has 1 aromatic heterocycles. The Bertz CT molecular complexity index is 1370. The molecule has 2 N–H and O–H groups in total. The highest BCUT2D eigenvalue weighted by molar-refractivity contribution is 7.89. The van der Waals surface area contributed by atoms with Gasteiger partial charge in [-0.3, -0.25) is 9.48 Å². The van der Waals surface area contributed by atoms with Gasteiger partial charge in [-0.15, -0.1) is 0 Å². The monoisotopic (exact) mass is 499 g/mol. The predicted octanol–water partition coefficient (Wildman–Crippen LogP) is 3.78. The number of thiocarbonyl (C=S) groups is 1. The summed E-state index contributed by atoms with van der Waals surface area (Å²) in [6.45, 7) is 4.71.